The Labute approximate surface area is 98.8 Å². The summed E-state index contributed by atoms with van der Waals surface area (Å²) >= 11 is 0. The van der Waals surface area contributed by atoms with Gasteiger partial charge in [0.15, 0.2) is 0 Å². The summed E-state index contributed by atoms with van der Waals surface area (Å²) in [6, 6.07) is 0.825. The number of carbonyl (C=O) groups is 1. The molecule has 1 aliphatic carbocycles. The fraction of sp³-hybridized carbons (Fsp3) is 0.917. The van der Waals surface area contributed by atoms with Crippen LogP contribution < -0.4 is 5.73 Å². The van der Waals surface area contributed by atoms with Gasteiger partial charge in [-0.25, -0.2) is 0 Å². The van der Waals surface area contributed by atoms with Crippen LogP contribution in [-0.2, 0) is 4.79 Å². The third-order valence-corrected chi connectivity index (χ3v) is 3.57. The minimum atomic E-state index is 0.230. The Kier molecular flexibility index (Phi) is 5.22. The molecule has 0 aliphatic heterocycles. The molecule has 4 heteroatoms. The summed E-state index contributed by atoms with van der Waals surface area (Å²) in [7, 11) is 2.03. The molecule has 0 aromatic rings. The van der Waals surface area contributed by atoms with Gasteiger partial charge in [-0.1, -0.05) is 0 Å². The van der Waals surface area contributed by atoms with Crippen LogP contribution in [0, 0.1) is 0 Å². The highest BCUT2D eigenvalue weighted by Gasteiger charge is 2.26. The second kappa shape index (κ2) is 6.21. The van der Waals surface area contributed by atoms with Crippen molar-refractivity contribution in [3.05, 3.63) is 0 Å². The van der Waals surface area contributed by atoms with Gasteiger partial charge in [0.2, 0.25) is 5.91 Å². The van der Waals surface area contributed by atoms with Gasteiger partial charge in [0, 0.05) is 25.2 Å². The normalized spacial score (nSPS) is 25.1. The Hall–Kier alpha value is -0.610. The Bertz CT molecular complexity index is 228. The highest BCUT2D eigenvalue weighted by molar-refractivity contribution is 5.78. The van der Waals surface area contributed by atoms with E-state index in [0.717, 1.165) is 32.4 Å². The zero-order chi connectivity index (χ0) is 12.1. The summed E-state index contributed by atoms with van der Waals surface area (Å²) in [5, 5.41) is 0. The van der Waals surface area contributed by atoms with Gasteiger partial charge in [0.05, 0.1) is 6.54 Å². The second-order valence-electron chi connectivity index (χ2n) is 4.71. The van der Waals surface area contributed by atoms with E-state index in [1.807, 2.05) is 25.8 Å². The van der Waals surface area contributed by atoms with Crippen LogP contribution in [0.5, 0.6) is 0 Å². The first kappa shape index (κ1) is 13.5. The number of rotatable bonds is 5. The van der Waals surface area contributed by atoms with E-state index in [1.165, 1.54) is 0 Å². The van der Waals surface area contributed by atoms with Crippen LogP contribution in [0.2, 0.25) is 0 Å². The summed E-state index contributed by atoms with van der Waals surface area (Å²) < 4.78 is 0. The van der Waals surface area contributed by atoms with E-state index in [0.29, 0.717) is 18.6 Å². The zero-order valence-corrected chi connectivity index (χ0v) is 10.8. The number of nitrogens with two attached hydrogens (primary N) is 1. The number of nitrogens with zero attached hydrogens (tertiary/aromatic N) is 2. The molecular formula is C12H25N3O. The van der Waals surface area contributed by atoms with E-state index >= 15 is 0 Å². The molecule has 0 bridgehead atoms. The standard InChI is InChI=1S/C12H25N3O/c1-4-15(5-2)12(16)9-14(3)11-7-6-10(13)8-11/h10-11H,4-9,13H2,1-3H3. The molecule has 4 nitrogen and oxygen atoms in total. The summed E-state index contributed by atoms with van der Waals surface area (Å²) in [6.45, 7) is 6.17. The summed E-state index contributed by atoms with van der Waals surface area (Å²) in [5.41, 5.74) is 5.88. The molecule has 94 valence electrons. The van der Waals surface area contributed by atoms with Gasteiger partial charge in [0.25, 0.3) is 0 Å². The van der Waals surface area contributed by atoms with Crippen LogP contribution in [0.4, 0.5) is 0 Å². The van der Waals surface area contributed by atoms with E-state index in [-0.39, 0.29) is 5.91 Å². The first-order chi connectivity index (χ1) is 7.58. The maximum atomic E-state index is 11.9. The highest BCUT2D eigenvalue weighted by Crippen LogP contribution is 2.21. The fourth-order valence-corrected chi connectivity index (χ4v) is 2.41. The number of hydrogen-bond donors (Lipinski definition) is 1. The molecule has 16 heavy (non-hydrogen) atoms. The lowest BCUT2D eigenvalue weighted by molar-refractivity contribution is -0.132. The zero-order valence-electron chi connectivity index (χ0n) is 10.8. The molecule has 1 aliphatic rings. The number of carbonyl (C=O) groups excluding carboxylic acids is 1. The van der Waals surface area contributed by atoms with Crippen LogP contribution >= 0.6 is 0 Å². The average molecular weight is 227 g/mol. The van der Waals surface area contributed by atoms with Crippen LogP contribution in [0.1, 0.15) is 33.1 Å². The van der Waals surface area contributed by atoms with Gasteiger partial charge in [-0.2, -0.15) is 0 Å². The predicted octanol–water partition coefficient (Wildman–Crippen LogP) is 0.666. The average Bonchev–Trinajstić information content (AvgIpc) is 2.66. The lowest BCUT2D eigenvalue weighted by Gasteiger charge is -2.27. The van der Waals surface area contributed by atoms with Gasteiger partial charge in [0.1, 0.15) is 0 Å². The van der Waals surface area contributed by atoms with Gasteiger partial charge < -0.3 is 10.6 Å². The van der Waals surface area contributed by atoms with Crippen molar-refractivity contribution in [2.75, 3.05) is 26.7 Å². The van der Waals surface area contributed by atoms with E-state index in [9.17, 15) is 4.79 Å². The molecule has 0 radical (unpaired) electrons. The van der Waals surface area contributed by atoms with Crippen LogP contribution in [0.15, 0.2) is 0 Å². The van der Waals surface area contributed by atoms with Crippen molar-refractivity contribution >= 4 is 5.91 Å². The van der Waals surface area contributed by atoms with Crippen molar-refractivity contribution in [3.63, 3.8) is 0 Å². The molecule has 0 aromatic heterocycles. The van der Waals surface area contributed by atoms with E-state index in [2.05, 4.69) is 4.90 Å². The van der Waals surface area contributed by atoms with Crippen molar-refractivity contribution in [1.29, 1.82) is 0 Å². The first-order valence-electron chi connectivity index (χ1n) is 6.32. The summed E-state index contributed by atoms with van der Waals surface area (Å²) in [4.78, 5) is 15.9. The van der Waals surface area contributed by atoms with E-state index in [4.69, 9.17) is 5.73 Å². The molecule has 1 saturated carbocycles. The van der Waals surface area contributed by atoms with Crippen molar-refractivity contribution in [2.24, 2.45) is 5.73 Å². The Morgan fingerprint density at radius 3 is 2.38 bits per heavy atom. The quantitative estimate of drug-likeness (QED) is 0.751. The Balaban J connectivity index is 2.38. The molecule has 1 fully saturated rings. The molecule has 1 rings (SSSR count). The smallest absolute Gasteiger partial charge is 0.236 e. The first-order valence-corrected chi connectivity index (χ1v) is 6.32. The molecule has 2 unspecified atom stereocenters. The van der Waals surface area contributed by atoms with E-state index < -0.39 is 0 Å². The van der Waals surface area contributed by atoms with Gasteiger partial charge in [-0.3, -0.25) is 9.69 Å². The van der Waals surface area contributed by atoms with Gasteiger partial charge in [-0.15, -0.1) is 0 Å². The van der Waals surface area contributed by atoms with Crippen LogP contribution in [-0.4, -0.2) is 54.5 Å². The minimum absolute atomic E-state index is 0.230. The van der Waals surface area contributed by atoms with Crippen LogP contribution in [0.25, 0.3) is 0 Å². The van der Waals surface area contributed by atoms with Crippen molar-refractivity contribution in [2.45, 2.75) is 45.2 Å². The Morgan fingerprint density at radius 2 is 1.94 bits per heavy atom. The number of amides is 1. The van der Waals surface area contributed by atoms with E-state index in [1.54, 1.807) is 0 Å². The molecule has 1 amide bonds. The molecule has 0 heterocycles. The Morgan fingerprint density at radius 1 is 1.31 bits per heavy atom. The number of hydrogen-bond acceptors (Lipinski definition) is 3. The van der Waals surface area contributed by atoms with Crippen molar-refractivity contribution in [1.82, 2.24) is 9.80 Å². The molecule has 2 atom stereocenters. The lowest BCUT2D eigenvalue weighted by Crippen LogP contribution is -2.42. The molecular weight excluding hydrogens is 202 g/mol. The molecule has 2 N–H and O–H groups in total. The number of likely N-dealkylation sites (N-methyl/N-ethyl adjacent to an activating group) is 2. The highest BCUT2D eigenvalue weighted by atomic mass is 16.2. The van der Waals surface area contributed by atoms with Gasteiger partial charge >= 0.3 is 0 Å². The second-order valence-corrected chi connectivity index (χ2v) is 4.71. The largest absolute Gasteiger partial charge is 0.342 e. The third-order valence-electron chi connectivity index (χ3n) is 3.57. The van der Waals surface area contributed by atoms with Gasteiger partial charge in [-0.05, 0) is 40.2 Å². The molecule has 0 saturated heterocycles. The van der Waals surface area contributed by atoms with Crippen LogP contribution in [0.3, 0.4) is 0 Å². The third kappa shape index (κ3) is 3.46. The molecule has 0 spiro atoms. The minimum Gasteiger partial charge on any atom is -0.342 e. The predicted molar refractivity (Wildman–Crippen MR) is 66.2 cm³/mol. The summed E-state index contributed by atoms with van der Waals surface area (Å²) in [6.07, 6.45) is 3.25. The fourth-order valence-electron chi connectivity index (χ4n) is 2.41. The van der Waals surface area contributed by atoms with Crippen molar-refractivity contribution < 1.29 is 4.79 Å². The lowest BCUT2D eigenvalue weighted by atomic mass is 10.2. The monoisotopic (exact) mass is 227 g/mol. The maximum Gasteiger partial charge on any atom is 0.236 e. The topological polar surface area (TPSA) is 49.6 Å². The SMILES string of the molecule is CCN(CC)C(=O)CN(C)C1CCC(N)C1. The van der Waals surface area contributed by atoms with Crippen molar-refractivity contribution in [3.8, 4) is 0 Å². The molecule has 0 aromatic carbocycles. The summed E-state index contributed by atoms with van der Waals surface area (Å²) in [5.74, 6) is 0.230. The maximum absolute atomic E-state index is 11.9.